The third kappa shape index (κ3) is 34.3. The summed E-state index contributed by atoms with van der Waals surface area (Å²) in [4.78, 5) is 132. The van der Waals surface area contributed by atoms with Gasteiger partial charge in [0, 0.05) is 0 Å². The molecule has 0 atom stereocenters. The molecule has 28 nitrogen and oxygen atoms in total. The number of aliphatic hydroxyl groups is 4. The standard InChI is InChI=1S/4C2H8O7P2.4Na.4H/c4*3-1-2(10(4,5)6)11(7,8)9;;;;;;;;/h4*2-3H,1H2,(H2,4,5,6)(H2,7,8,9);;;;;;;;. The first kappa shape index (κ1) is 70.8. The Morgan fingerprint density at radius 3 is 0.312 bits per heavy atom. The van der Waals surface area contributed by atoms with E-state index < -0.39 is 109 Å². The zero-order valence-corrected chi connectivity index (χ0v) is 28.1. The first-order chi connectivity index (χ1) is 18.8. The summed E-state index contributed by atoms with van der Waals surface area (Å²) in [7, 11) is -39.3. The van der Waals surface area contributed by atoms with Gasteiger partial charge in [-0.15, -0.1) is 0 Å². The van der Waals surface area contributed by atoms with Crippen molar-refractivity contribution < 1.29 is 135 Å². The monoisotopic (exact) mass is 920 g/mol. The van der Waals surface area contributed by atoms with Crippen LogP contribution in [0.1, 0.15) is 0 Å². The SMILES string of the molecule is O=P(O)(O)C(CO)P(=O)(O)O.O=P(O)(O)C(CO)P(=O)(O)O.O=P(O)(O)C(CO)P(=O)(O)O.O=P(O)(O)C(CO)P(=O)(O)O.[NaH].[NaH].[NaH].[NaH]. The molecular weight excluding hydrogens is 884 g/mol. The minimum atomic E-state index is -4.91. The van der Waals surface area contributed by atoms with Crippen LogP contribution in [0, 0.1) is 0 Å². The van der Waals surface area contributed by atoms with Crippen LogP contribution in [-0.2, 0) is 36.5 Å². The maximum absolute atomic E-state index is 10.3. The predicted molar refractivity (Wildman–Crippen MR) is 168 cm³/mol. The molecule has 48 heavy (non-hydrogen) atoms. The number of rotatable bonds is 12. The summed E-state index contributed by atoms with van der Waals surface area (Å²) in [5.41, 5.74) is 0. The Kier molecular flexibility index (Phi) is 42.0. The van der Waals surface area contributed by atoms with Crippen LogP contribution in [0.15, 0.2) is 0 Å². The van der Waals surface area contributed by atoms with Crippen LogP contribution in [0.2, 0.25) is 0 Å². The Morgan fingerprint density at radius 2 is 0.312 bits per heavy atom. The van der Waals surface area contributed by atoms with Gasteiger partial charge >= 0.3 is 179 Å². The molecule has 0 aliphatic carbocycles. The van der Waals surface area contributed by atoms with E-state index in [9.17, 15) is 36.5 Å². The van der Waals surface area contributed by atoms with Gasteiger partial charge in [0.1, 0.15) is 0 Å². The number of aliphatic hydroxyl groups excluding tert-OH is 4. The van der Waals surface area contributed by atoms with Crippen LogP contribution in [0.3, 0.4) is 0 Å². The van der Waals surface area contributed by atoms with Crippen molar-refractivity contribution in [2.45, 2.75) is 21.6 Å². The van der Waals surface area contributed by atoms with Gasteiger partial charge in [-0.25, -0.2) is 0 Å². The van der Waals surface area contributed by atoms with E-state index in [-0.39, 0.29) is 118 Å². The Morgan fingerprint density at radius 1 is 0.250 bits per heavy atom. The molecule has 0 aliphatic rings. The molecule has 0 aromatic rings. The average Bonchev–Trinajstić information content (AvgIpc) is 2.61. The molecule has 0 amide bonds. The van der Waals surface area contributed by atoms with Crippen LogP contribution in [0.5, 0.6) is 0 Å². The number of hydrogen-bond acceptors (Lipinski definition) is 12. The molecule has 0 aromatic heterocycles. The van der Waals surface area contributed by atoms with Gasteiger partial charge in [-0.1, -0.05) is 0 Å². The fourth-order valence-electron chi connectivity index (χ4n) is 1.63. The quantitative estimate of drug-likeness (QED) is 0.0638. The van der Waals surface area contributed by atoms with Crippen molar-refractivity contribution in [1.82, 2.24) is 0 Å². The molecule has 0 saturated carbocycles. The number of hydrogen-bond donors (Lipinski definition) is 20. The van der Waals surface area contributed by atoms with Crippen LogP contribution in [-0.4, -0.2) is 265 Å². The Bertz CT molecular complexity index is 966. The van der Waals surface area contributed by atoms with Crippen LogP contribution in [0.25, 0.3) is 0 Å². The molecular formula is C8H36Na4O28P8. The normalized spacial score (nSPS) is 12.8. The first-order valence-electron chi connectivity index (χ1n) is 9.62. The molecule has 0 bridgehead atoms. The molecule has 0 heterocycles. The van der Waals surface area contributed by atoms with Crippen LogP contribution >= 0.6 is 60.8 Å². The second-order valence-electron chi connectivity index (χ2n) is 7.37. The Hall–Kier alpha value is 5.04. The second kappa shape index (κ2) is 28.4. The summed E-state index contributed by atoms with van der Waals surface area (Å²) in [6, 6.07) is 0. The third-order valence-corrected chi connectivity index (χ3v) is 18.5. The van der Waals surface area contributed by atoms with E-state index in [1.807, 2.05) is 0 Å². The third-order valence-electron chi connectivity index (χ3n) is 3.76. The summed E-state index contributed by atoms with van der Waals surface area (Å²) >= 11 is 0. The second-order valence-corrected chi connectivity index (χ2v) is 23.4. The van der Waals surface area contributed by atoms with Crippen molar-refractivity contribution in [2.75, 3.05) is 26.4 Å². The van der Waals surface area contributed by atoms with Crippen molar-refractivity contribution in [3.05, 3.63) is 0 Å². The molecule has 0 fully saturated rings. The Balaban J connectivity index is -0.0000000721. The summed E-state index contributed by atoms with van der Waals surface area (Å²) < 4.78 is 82.0. The van der Waals surface area contributed by atoms with E-state index in [0.717, 1.165) is 0 Å². The van der Waals surface area contributed by atoms with Gasteiger partial charge in [-0.3, -0.25) is 36.5 Å². The van der Waals surface area contributed by atoms with E-state index in [1.54, 1.807) is 0 Å². The molecule has 40 heteroatoms. The van der Waals surface area contributed by atoms with E-state index in [2.05, 4.69) is 0 Å². The van der Waals surface area contributed by atoms with Crippen molar-refractivity contribution in [3.8, 4) is 0 Å². The van der Waals surface area contributed by atoms with Gasteiger partial charge in [-0.05, 0) is 0 Å². The Labute approximate surface area is 358 Å². The molecule has 0 aliphatic heterocycles. The summed E-state index contributed by atoms with van der Waals surface area (Å²) in [5.74, 6) is 0. The molecule has 0 aromatic carbocycles. The summed E-state index contributed by atoms with van der Waals surface area (Å²) in [6.45, 7) is -4.97. The molecule has 0 radical (unpaired) electrons. The zero-order chi connectivity index (χ0) is 37.1. The van der Waals surface area contributed by atoms with Crippen molar-refractivity contribution in [1.29, 1.82) is 0 Å². The van der Waals surface area contributed by atoms with E-state index in [4.69, 9.17) is 98.7 Å². The summed E-state index contributed by atoms with van der Waals surface area (Å²) in [6.07, 6.45) is 0. The first-order valence-corrected chi connectivity index (χ1v) is 23.1. The van der Waals surface area contributed by atoms with E-state index in [0.29, 0.717) is 0 Å². The van der Waals surface area contributed by atoms with Gasteiger partial charge in [0.2, 0.25) is 0 Å². The maximum atomic E-state index is 10.3. The molecule has 20 N–H and O–H groups in total. The van der Waals surface area contributed by atoms with Gasteiger partial charge in [0.25, 0.3) is 0 Å². The fourth-order valence-corrected chi connectivity index (χ4v) is 9.61. The predicted octanol–water partition coefficient (Wildman–Crippen LogP) is -7.95. The topological polar surface area (TPSA) is 541 Å². The van der Waals surface area contributed by atoms with Gasteiger partial charge in [0.05, 0.1) is 26.4 Å². The average molecular weight is 920 g/mol. The van der Waals surface area contributed by atoms with Crippen molar-refractivity contribution >= 4 is 179 Å². The van der Waals surface area contributed by atoms with E-state index >= 15 is 0 Å². The molecule has 0 unspecified atom stereocenters. The van der Waals surface area contributed by atoms with Crippen molar-refractivity contribution in [3.63, 3.8) is 0 Å². The van der Waals surface area contributed by atoms with E-state index in [1.165, 1.54) is 0 Å². The minimum absolute atomic E-state index is 0. The molecule has 0 rings (SSSR count). The van der Waals surface area contributed by atoms with Gasteiger partial charge in [0.15, 0.2) is 21.6 Å². The van der Waals surface area contributed by atoms with Gasteiger partial charge in [-0.2, -0.15) is 0 Å². The van der Waals surface area contributed by atoms with Crippen LogP contribution in [0.4, 0.5) is 0 Å². The van der Waals surface area contributed by atoms with Gasteiger partial charge < -0.3 is 98.7 Å². The summed E-state index contributed by atoms with van der Waals surface area (Å²) in [5, 5.41) is 23.7. The van der Waals surface area contributed by atoms with Crippen LogP contribution < -0.4 is 0 Å². The molecule has 280 valence electrons. The molecule has 0 saturated heterocycles. The zero-order valence-electron chi connectivity index (χ0n) is 20.9. The fraction of sp³-hybridized carbons (Fsp3) is 1.00. The van der Waals surface area contributed by atoms with Crippen molar-refractivity contribution in [2.24, 2.45) is 0 Å². The molecule has 0 spiro atoms.